The highest BCUT2D eigenvalue weighted by molar-refractivity contribution is 7.92. The van der Waals surface area contributed by atoms with Gasteiger partial charge in [0.2, 0.25) is 0 Å². The standard InChI is InChI=1S/C13H13F3N2O8S/c1-5(19)26-3-6-4-27(23,24)10-7(17-12(22)13(14,15)16)9(20)18(10)8(6)11(21)25-2/h7,10H,3-4H2,1-2H3,(H,17,22). The summed E-state index contributed by atoms with van der Waals surface area (Å²) in [6, 6.07) is -2.01. The number of rotatable bonds is 4. The Bertz CT molecular complexity index is 848. The van der Waals surface area contributed by atoms with Gasteiger partial charge in [0.1, 0.15) is 18.3 Å². The van der Waals surface area contributed by atoms with Gasteiger partial charge in [-0.2, -0.15) is 13.2 Å². The molecule has 2 amide bonds. The van der Waals surface area contributed by atoms with Gasteiger partial charge in [-0.25, -0.2) is 13.2 Å². The van der Waals surface area contributed by atoms with E-state index in [2.05, 4.69) is 9.47 Å². The Kier molecular flexibility index (Phi) is 5.23. The van der Waals surface area contributed by atoms with E-state index in [1.54, 1.807) is 0 Å². The second-order valence-electron chi connectivity index (χ2n) is 5.58. The van der Waals surface area contributed by atoms with Crippen LogP contribution in [0.2, 0.25) is 0 Å². The van der Waals surface area contributed by atoms with E-state index >= 15 is 0 Å². The number of alkyl halides is 3. The first kappa shape index (κ1) is 20.7. The maximum absolute atomic E-state index is 12.4. The van der Waals surface area contributed by atoms with Gasteiger partial charge < -0.3 is 14.8 Å². The van der Waals surface area contributed by atoms with E-state index in [0.717, 1.165) is 14.0 Å². The van der Waals surface area contributed by atoms with Crippen LogP contribution in [0.1, 0.15) is 6.92 Å². The monoisotopic (exact) mass is 414 g/mol. The second kappa shape index (κ2) is 6.83. The van der Waals surface area contributed by atoms with Crippen LogP contribution in [-0.2, 0) is 38.5 Å². The number of esters is 2. The smallest absolute Gasteiger partial charge is 0.464 e. The van der Waals surface area contributed by atoms with Crippen LogP contribution >= 0.6 is 0 Å². The summed E-state index contributed by atoms with van der Waals surface area (Å²) in [5, 5.41) is -0.602. The summed E-state index contributed by atoms with van der Waals surface area (Å²) in [6.07, 6.45) is -5.33. The predicted molar refractivity (Wildman–Crippen MR) is 78.1 cm³/mol. The summed E-state index contributed by atoms with van der Waals surface area (Å²) in [5.41, 5.74) is -0.830. The van der Waals surface area contributed by atoms with Crippen molar-refractivity contribution >= 4 is 33.6 Å². The average Bonchev–Trinajstić information content (AvgIpc) is 2.54. The summed E-state index contributed by atoms with van der Waals surface area (Å²) in [5.74, 6) is -6.56. The third-order valence-electron chi connectivity index (χ3n) is 3.73. The first-order valence-electron chi connectivity index (χ1n) is 7.17. The zero-order valence-corrected chi connectivity index (χ0v) is 14.6. The van der Waals surface area contributed by atoms with Gasteiger partial charge in [0.25, 0.3) is 5.91 Å². The van der Waals surface area contributed by atoms with Crippen LogP contribution in [0.5, 0.6) is 0 Å². The molecule has 0 aromatic heterocycles. The Morgan fingerprint density at radius 3 is 2.37 bits per heavy atom. The number of hydrogen-bond donors (Lipinski definition) is 1. The van der Waals surface area contributed by atoms with E-state index in [0.29, 0.717) is 4.90 Å². The Hall–Kier alpha value is -2.64. The third-order valence-corrected chi connectivity index (χ3v) is 5.70. The largest absolute Gasteiger partial charge is 0.471 e. The molecule has 2 rings (SSSR count). The number of carbonyl (C=O) groups excluding carboxylic acids is 4. The van der Waals surface area contributed by atoms with Gasteiger partial charge in [-0.3, -0.25) is 19.3 Å². The van der Waals surface area contributed by atoms with Crippen LogP contribution in [0.15, 0.2) is 11.3 Å². The van der Waals surface area contributed by atoms with Crippen LogP contribution in [0.4, 0.5) is 13.2 Å². The summed E-state index contributed by atoms with van der Waals surface area (Å²) >= 11 is 0. The number of amides is 2. The van der Waals surface area contributed by atoms with E-state index in [-0.39, 0.29) is 5.57 Å². The average molecular weight is 414 g/mol. The summed E-state index contributed by atoms with van der Waals surface area (Å²) in [6.45, 7) is 0.380. The van der Waals surface area contributed by atoms with E-state index in [1.807, 2.05) is 0 Å². The van der Waals surface area contributed by atoms with Crippen molar-refractivity contribution in [3.05, 3.63) is 11.3 Å². The number of methoxy groups -OCH3 is 1. The lowest BCUT2D eigenvalue weighted by molar-refractivity contribution is -0.177. The number of fused-ring (bicyclic) bond motifs is 1. The van der Waals surface area contributed by atoms with Crippen LogP contribution in [0.25, 0.3) is 0 Å². The molecule has 0 spiro atoms. The molecule has 2 unspecified atom stereocenters. The van der Waals surface area contributed by atoms with Crippen molar-refractivity contribution in [1.29, 1.82) is 0 Å². The molecule has 0 radical (unpaired) electrons. The number of hydrogen-bond acceptors (Lipinski definition) is 8. The van der Waals surface area contributed by atoms with Crippen LogP contribution in [0, 0.1) is 0 Å². The first-order valence-corrected chi connectivity index (χ1v) is 8.88. The summed E-state index contributed by atoms with van der Waals surface area (Å²) in [7, 11) is -3.37. The minimum atomic E-state index is -5.33. The Morgan fingerprint density at radius 1 is 1.30 bits per heavy atom. The molecule has 10 nitrogen and oxygen atoms in total. The fourth-order valence-electron chi connectivity index (χ4n) is 2.63. The van der Waals surface area contributed by atoms with Crippen LogP contribution in [-0.4, -0.2) is 74.1 Å². The highest BCUT2D eigenvalue weighted by Gasteiger charge is 2.61. The summed E-state index contributed by atoms with van der Waals surface area (Å²) in [4.78, 5) is 46.6. The number of halogens is 3. The molecule has 2 aliphatic rings. The van der Waals surface area contributed by atoms with Crippen molar-refractivity contribution in [3.63, 3.8) is 0 Å². The van der Waals surface area contributed by atoms with Crippen molar-refractivity contribution < 1.29 is 50.2 Å². The SMILES string of the molecule is COC(=O)C1=C(COC(C)=O)CS(=O)(=O)C2C(NC(=O)C(F)(F)F)C(=O)N12. The Labute approximate surface area is 150 Å². The molecule has 2 heterocycles. The van der Waals surface area contributed by atoms with Crippen LogP contribution < -0.4 is 5.32 Å². The molecule has 2 atom stereocenters. The molecule has 0 aliphatic carbocycles. The van der Waals surface area contributed by atoms with E-state index in [1.165, 1.54) is 5.32 Å². The zero-order valence-electron chi connectivity index (χ0n) is 13.8. The van der Waals surface area contributed by atoms with Crippen molar-refractivity contribution in [2.24, 2.45) is 0 Å². The zero-order chi connectivity index (χ0) is 20.7. The molecule has 0 aromatic carbocycles. The van der Waals surface area contributed by atoms with Gasteiger partial charge in [-0.1, -0.05) is 0 Å². The van der Waals surface area contributed by atoms with Crippen molar-refractivity contribution in [1.82, 2.24) is 10.2 Å². The number of β-lactam (4-membered cyclic amide) rings is 1. The maximum atomic E-state index is 12.4. The molecule has 0 aromatic rings. The number of ether oxygens (including phenoxy) is 2. The molecule has 1 fully saturated rings. The maximum Gasteiger partial charge on any atom is 0.471 e. The van der Waals surface area contributed by atoms with E-state index in [4.69, 9.17) is 0 Å². The lowest BCUT2D eigenvalue weighted by atomic mass is 10.0. The van der Waals surface area contributed by atoms with E-state index < -0.39 is 69.2 Å². The van der Waals surface area contributed by atoms with Crippen molar-refractivity contribution in [2.75, 3.05) is 19.5 Å². The first-order chi connectivity index (χ1) is 12.3. The molecule has 1 saturated heterocycles. The number of nitrogens with zero attached hydrogens (tertiary/aromatic N) is 1. The van der Waals surface area contributed by atoms with Gasteiger partial charge in [-0.15, -0.1) is 0 Å². The van der Waals surface area contributed by atoms with E-state index in [9.17, 15) is 40.8 Å². The van der Waals surface area contributed by atoms with Gasteiger partial charge in [-0.05, 0) is 0 Å². The third kappa shape index (κ3) is 3.74. The Morgan fingerprint density at radius 2 is 1.89 bits per heavy atom. The molecule has 2 aliphatic heterocycles. The lowest BCUT2D eigenvalue weighted by Gasteiger charge is -2.49. The number of sulfone groups is 1. The minimum Gasteiger partial charge on any atom is -0.464 e. The normalized spacial score (nSPS) is 23.9. The highest BCUT2D eigenvalue weighted by Crippen LogP contribution is 2.37. The molecule has 150 valence electrons. The predicted octanol–water partition coefficient (Wildman–Crippen LogP) is -1.38. The molecular weight excluding hydrogens is 401 g/mol. The molecule has 1 N–H and O–H groups in total. The highest BCUT2D eigenvalue weighted by atomic mass is 32.2. The van der Waals surface area contributed by atoms with Gasteiger partial charge in [0, 0.05) is 12.5 Å². The van der Waals surface area contributed by atoms with Gasteiger partial charge >= 0.3 is 24.0 Å². The summed E-state index contributed by atoms with van der Waals surface area (Å²) < 4.78 is 71.1. The fourth-order valence-corrected chi connectivity index (χ4v) is 4.64. The second-order valence-corrected chi connectivity index (χ2v) is 7.68. The molecule has 14 heteroatoms. The lowest BCUT2D eigenvalue weighted by Crippen LogP contribution is -2.75. The molecule has 0 bridgehead atoms. The minimum absolute atomic E-state index is 0.276. The van der Waals surface area contributed by atoms with Crippen LogP contribution in [0.3, 0.4) is 0 Å². The molecule has 27 heavy (non-hydrogen) atoms. The van der Waals surface area contributed by atoms with Gasteiger partial charge in [0.05, 0.1) is 12.9 Å². The Balaban J connectivity index is 2.42. The van der Waals surface area contributed by atoms with Crippen molar-refractivity contribution in [2.45, 2.75) is 24.5 Å². The molecule has 0 saturated carbocycles. The van der Waals surface area contributed by atoms with Crippen molar-refractivity contribution in [3.8, 4) is 0 Å². The molecular formula is C13H13F3N2O8S. The topological polar surface area (TPSA) is 136 Å². The fraction of sp³-hybridized carbons (Fsp3) is 0.538. The quantitative estimate of drug-likeness (QED) is 0.439. The number of nitrogens with one attached hydrogen (secondary N) is 1. The number of carbonyl (C=O) groups is 4. The van der Waals surface area contributed by atoms with Gasteiger partial charge in [0.15, 0.2) is 15.2 Å².